The average Bonchev–Trinajstić information content (AvgIpc) is 3.01. The summed E-state index contributed by atoms with van der Waals surface area (Å²) < 4.78 is 0.417. The van der Waals surface area contributed by atoms with E-state index in [9.17, 15) is 0 Å². The highest BCUT2D eigenvalue weighted by Crippen LogP contribution is 2.40. The molecule has 96 valence electrons. The molecule has 1 N–H and O–H groups in total. The SMILES string of the molecule is CC1(CN=C2NC3(CCCC3)CS2)CCCS1. The van der Waals surface area contributed by atoms with Crippen LogP contribution in [-0.2, 0) is 0 Å². The fourth-order valence-corrected chi connectivity index (χ4v) is 5.56. The highest BCUT2D eigenvalue weighted by molar-refractivity contribution is 8.14. The smallest absolute Gasteiger partial charge is 0.157 e. The van der Waals surface area contributed by atoms with Crippen molar-refractivity contribution in [2.45, 2.75) is 55.7 Å². The Morgan fingerprint density at radius 3 is 2.76 bits per heavy atom. The van der Waals surface area contributed by atoms with Crippen molar-refractivity contribution in [3.8, 4) is 0 Å². The first-order valence-corrected chi connectivity index (χ1v) is 8.76. The van der Waals surface area contributed by atoms with E-state index in [1.807, 2.05) is 11.8 Å². The van der Waals surface area contributed by atoms with Crippen molar-refractivity contribution in [2.24, 2.45) is 4.99 Å². The molecule has 2 nitrogen and oxygen atoms in total. The van der Waals surface area contributed by atoms with Crippen molar-refractivity contribution in [1.29, 1.82) is 0 Å². The third-order valence-corrected chi connectivity index (χ3v) is 7.00. The van der Waals surface area contributed by atoms with Crippen LogP contribution in [-0.4, -0.2) is 33.5 Å². The topological polar surface area (TPSA) is 24.4 Å². The molecule has 0 amide bonds. The first-order valence-electron chi connectivity index (χ1n) is 6.79. The average molecular weight is 270 g/mol. The lowest BCUT2D eigenvalue weighted by molar-refractivity contribution is 0.452. The standard InChI is InChI=1S/C13H22N2S2/c1-12(5-4-8-17-12)9-14-11-15-13(10-16-11)6-2-3-7-13/h2-10H2,1H3,(H,14,15). The molecule has 1 saturated carbocycles. The van der Waals surface area contributed by atoms with E-state index in [1.54, 1.807) is 0 Å². The van der Waals surface area contributed by atoms with E-state index in [0.717, 1.165) is 6.54 Å². The number of hydrogen-bond acceptors (Lipinski definition) is 3. The Morgan fingerprint density at radius 1 is 1.24 bits per heavy atom. The van der Waals surface area contributed by atoms with Crippen molar-refractivity contribution in [3.63, 3.8) is 0 Å². The number of nitrogens with one attached hydrogen (secondary N) is 1. The third-order valence-electron chi connectivity index (χ3n) is 4.28. The Hall–Kier alpha value is 0.170. The largest absolute Gasteiger partial charge is 0.359 e. The monoisotopic (exact) mass is 270 g/mol. The van der Waals surface area contributed by atoms with E-state index in [4.69, 9.17) is 4.99 Å². The lowest BCUT2D eigenvalue weighted by Crippen LogP contribution is -2.41. The Balaban J connectivity index is 1.58. The van der Waals surface area contributed by atoms with E-state index in [0.29, 0.717) is 10.3 Å². The molecular weight excluding hydrogens is 248 g/mol. The normalized spacial score (nSPS) is 38.1. The van der Waals surface area contributed by atoms with Crippen LogP contribution in [0.4, 0.5) is 0 Å². The van der Waals surface area contributed by atoms with Gasteiger partial charge in [-0.05, 0) is 38.4 Å². The number of aliphatic imine (C=N–C) groups is 1. The lowest BCUT2D eigenvalue weighted by Gasteiger charge is -2.23. The van der Waals surface area contributed by atoms with E-state index < -0.39 is 0 Å². The number of amidine groups is 1. The molecule has 4 heteroatoms. The van der Waals surface area contributed by atoms with Gasteiger partial charge >= 0.3 is 0 Å². The molecule has 17 heavy (non-hydrogen) atoms. The van der Waals surface area contributed by atoms with Crippen LogP contribution in [0.2, 0.25) is 0 Å². The van der Waals surface area contributed by atoms with E-state index in [1.165, 1.54) is 55.2 Å². The van der Waals surface area contributed by atoms with Gasteiger partial charge in [0.05, 0.1) is 6.54 Å². The fourth-order valence-electron chi connectivity index (χ4n) is 3.11. The van der Waals surface area contributed by atoms with Gasteiger partial charge in [-0.25, -0.2) is 0 Å². The van der Waals surface area contributed by atoms with E-state index in [-0.39, 0.29) is 0 Å². The van der Waals surface area contributed by atoms with Crippen LogP contribution in [0, 0.1) is 0 Å². The summed E-state index contributed by atoms with van der Waals surface area (Å²) in [6, 6.07) is 0. The van der Waals surface area contributed by atoms with Gasteiger partial charge < -0.3 is 5.32 Å². The predicted molar refractivity (Wildman–Crippen MR) is 79.2 cm³/mol. The maximum atomic E-state index is 4.84. The van der Waals surface area contributed by atoms with Gasteiger partial charge in [0.1, 0.15) is 0 Å². The maximum absolute atomic E-state index is 4.84. The summed E-state index contributed by atoms with van der Waals surface area (Å²) in [6.07, 6.45) is 8.21. The lowest BCUT2D eigenvalue weighted by atomic mass is 10.0. The molecule has 1 atom stereocenters. The van der Waals surface area contributed by atoms with Crippen molar-refractivity contribution in [1.82, 2.24) is 5.32 Å². The minimum Gasteiger partial charge on any atom is -0.359 e. The second-order valence-electron chi connectivity index (χ2n) is 5.92. The van der Waals surface area contributed by atoms with Gasteiger partial charge in [0.15, 0.2) is 5.17 Å². The zero-order chi connectivity index (χ0) is 11.8. The molecule has 1 spiro atoms. The molecule has 2 saturated heterocycles. The molecule has 2 heterocycles. The molecule has 0 aromatic heterocycles. The fraction of sp³-hybridized carbons (Fsp3) is 0.923. The number of rotatable bonds is 2. The molecule has 0 radical (unpaired) electrons. The van der Waals surface area contributed by atoms with Crippen LogP contribution < -0.4 is 5.32 Å². The Kier molecular flexibility index (Phi) is 3.37. The summed E-state index contributed by atoms with van der Waals surface area (Å²) >= 11 is 4.06. The van der Waals surface area contributed by atoms with Gasteiger partial charge in [0.2, 0.25) is 0 Å². The molecule has 3 fully saturated rings. The minimum atomic E-state index is 0.417. The summed E-state index contributed by atoms with van der Waals surface area (Å²) in [5.41, 5.74) is 0.424. The highest BCUT2D eigenvalue weighted by atomic mass is 32.2. The molecule has 0 aromatic rings. The number of thioether (sulfide) groups is 2. The van der Waals surface area contributed by atoms with Gasteiger partial charge in [-0.2, -0.15) is 11.8 Å². The van der Waals surface area contributed by atoms with Gasteiger partial charge in [-0.15, -0.1) is 0 Å². The zero-order valence-electron chi connectivity index (χ0n) is 10.6. The Labute approximate surface area is 113 Å². The number of hydrogen-bond donors (Lipinski definition) is 1. The summed E-state index contributed by atoms with van der Waals surface area (Å²) in [6.45, 7) is 3.38. The second-order valence-corrected chi connectivity index (χ2v) is 8.57. The molecule has 0 aromatic carbocycles. The number of nitrogens with zero attached hydrogens (tertiary/aromatic N) is 1. The van der Waals surface area contributed by atoms with Crippen molar-refractivity contribution < 1.29 is 0 Å². The highest BCUT2D eigenvalue weighted by Gasteiger charge is 2.39. The van der Waals surface area contributed by atoms with Crippen LogP contribution in [0.5, 0.6) is 0 Å². The van der Waals surface area contributed by atoms with Crippen molar-refractivity contribution in [3.05, 3.63) is 0 Å². The van der Waals surface area contributed by atoms with Crippen LogP contribution in [0.3, 0.4) is 0 Å². The Bertz CT molecular complexity index is 315. The molecule has 1 unspecified atom stereocenters. The zero-order valence-corrected chi connectivity index (χ0v) is 12.3. The van der Waals surface area contributed by atoms with Crippen LogP contribution in [0.1, 0.15) is 45.4 Å². The summed E-state index contributed by atoms with van der Waals surface area (Å²) in [7, 11) is 0. The minimum absolute atomic E-state index is 0.417. The Morgan fingerprint density at radius 2 is 2.06 bits per heavy atom. The van der Waals surface area contributed by atoms with Crippen molar-refractivity contribution >= 4 is 28.7 Å². The predicted octanol–water partition coefficient (Wildman–Crippen LogP) is 3.28. The summed E-state index contributed by atoms with van der Waals surface area (Å²) in [5.74, 6) is 2.57. The first kappa shape index (κ1) is 12.2. The van der Waals surface area contributed by atoms with Crippen LogP contribution in [0.15, 0.2) is 4.99 Å². The summed E-state index contributed by atoms with van der Waals surface area (Å²) in [4.78, 5) is 4.84. The van der Waals surface area contributed by atoms with Crippen LogP contribution >= 0.6 is 23.5 Å². The third kappa shape index (κ3) is 2.62. The summed E-state index contributed by atoms with van der Waals surface area (Å²) in [5, 5.41) is 4.93. The van der Waals surface area contributed by atoms with Gasteiger partial charge in [-0.3, -0.25) is 4.99 Å². The molecule has 3 rings (SSSR count). The molecule has 2 aliphatic heterocycles. The second kappa shape index (κ2) is 4.69. The molecular formula is C13H22N2S2. The van der Waals surface area contributed by atoms with Gasteiger partial charge in [0.25, 0.3) is 0 Å². The molecule has 1 aliphatic carbocycles. The molecule has 0 bridgehead atoms. The van der Waals surface area contributed by atoms with Gasteiger partial charge in [-0.1, -0.05) is 24.6 Å². The quantitative estimate of drug-likeness (QED) is 0.833. The van der Waals surface area contributed by atoms with Gasteiger partial charge in [0, 0.05) is 16.0 Å². The first-order chi connectivity index (χ1) is 8.20. The van der Waals surface area contributed by atoms with E-state index in [2.05, 4.69) is 24.0 Å². The van der Waals surface area contributed by atoms with E-state index >= 15 is 0 Å². The maximum Gasteiger partial charge on any atom is 0.157 e. The molecule has 3 aliphatic rings. The van der Waals surface area contributed by atoms with Crippen molar-refractivity contribution in [2.75, 3.05) is 18.1 Å². The van der Waals surface area contributed by atoms with Crippen LogP contribution in [0.25, 0.3) is 0 Å².